The van der Waals surface area contributed by atoms with Crippen molar-refractivity contribution in [1.29, 1.82) is 0 Å². The second-order valence-electron chi connectivity index (χ2n) is 8.42. The molecule has 6 nitrogen and oxygen atoms in total. The zero-order valence-corrected chi connectivity index (χ0v) is 18.5. The van der Waals surface area contributed by atoms with Crippen molar-refractivity contribution >= 4 is 38.9 Å². The maximum absolute atomic E-state index is 12.3. The lowest BCUT2D eigenvalue weighted by molar-refractivity contribution is -0.120. The highest BCUT2D eigenvalue weighted by Gasteiger charge is 2.21. The predicted molar refractivity (Wildman–Crippen MR) is 117 cm³/mol. The van der Waals surface area contributed by atoms with Gasteiger partial charge in [-0.3, -0.25) is 4.79 Å². The number of benzene rings is 1. The topological polar surface area (TPSA) is 87.3 Å². The number of carbonyl (C=O) groups is 1. The van der Waals surface area contributed by atoms with Crippen LogP contribution in [-0.2, 0) is 14.8 Å². The van der Waals surface area contributed by atoms with Crippen molar-refractivity contribution in [3.8, 4) is 0 Å². The Bertz CT molecular complexity index is 778. The fourth-order valence-corrected chi connectivity index (χ4v) is 4.99. The smallest absolute Gasteiger partial charge is 0.241 e. The third-order valence-electron chi connectivity index (χ3n) is 4.62. The second kappa shape index (κ2) is 9.80. The number of hydrogen-bond donors (Lipinski definition) is 3. The summed E-state index contributed by atoms with van der Waals surface area (Å²) in [6.45, 7) is 5.36. The van der Waals surface area contributed by atoms with Gasteiger partial charge in [-0.05, 0) is 69.6 Å². The summed E-state index contributed by atoms with van der Waals surface area (Å²) in [6.07, 6.45) is 7.66. The molecule has 1 aliphatic carbocycles. The molecular weight excluding hydrogens is 394 g/mol. The normalized spacial score (nSPS) is 15.8. The zero-order chi connectivity index (χ0) is 20.8. The Labute approximate surface area is 173 Å². The first-order valence-electron chi connectivity index (χ1n) is 9.80. The molecule has 0 unspecified atom stereocenters. The van der Waals surface area contributed by atoms with Crippen molar-refractivity contribution in [2.75, 3.05) is 5.32 Å². The first-order chi connectivity index (χ1) is 13.0. The summed E-state index contributed by atoms with van der Waals surface area (Å²) in [4.78, 5) is 12.3. The van der Waals surface area contributed by atoms with E-state index in [1.54, 1.807) is 32.9 Å². The van der Waals surface area contributed by atoms with Gasteiger partial charge >= 0.3 is 0 Å². The van der Waals surface area contributed by atoms with Crippen molar-refractivity contribution in [2.24, 2.45) is 5.92 Å². The molecule has 0 aliphatic heterocycles. The van der Waals surface area contributed by atoms with Gasteiger partial charge in [-0.15, -0.1) is 0 Å². The lowest BCUT2D eigenvalue weighted by atomic mass is 9.86. The molecule has 0 radical (unpaired) electrons. The Balaban J connectivity index is 1.82. The molecule has 28 heavy (non-hydrogen) atoms. The molecule has 0 heterocycles. The number of hydrogen-bond acceptors (Lipinski definition) is 4. The SMILES string of the molecule is CC(C)(C)NS(=O)(=O)c1ccc(NC(=S)NC(=O)CCC2CCCCC2)cc1. The number of carbonyl (C=O) groups excluding carboxylic acids is 1. The van der Waals surface area contributed by atoms with Crippen molar-refractivity contribution in [1.82, 2.24) is 10.0 Å². The highest BCUT2D eigenvalue weighted by molar-refractivity contribution is 7.89. The second-order valence-corrected chi connectivity index (χ2v) is 10.5. The molecule has 0 aromatic heterocycles. The van der Waals surface area contributed by atoms with E-state index >= 15 is 0 Å². The number of sulfonamides is 1. The molecule has 3 N–H and O–H groups in total. The molecule has 0 bridgehead atoms. The summed E-state index contributed by atoms with van der Waals surface area (Å²) in [5.74, 6) is 0.564. The van der Waals surface area contributed by atoms with Crippen LogP contribution in [0.3, 0.4) is 0 Å². The van der Waals surface area contributed by atoms with Gasteiger partial charge in [-0.2, -0.15) is 0 Å². The van der Waals surface area contributed by atoms with Gasteiger partial charge in [0.1, 0.15) is 0 Å². The number of nitrogens with one attached hydrogen (secondary N) is 3. The van der Waals surface area contributed by atoms with E-state index in [-0.39, 0.29) is 15.9 Å². The van der Waals surface area contributed by atoms with Crippen molar-refractivity contribution in [3.63, 3.8) is 0 Å². The summed E-state index contributed by atoms with van der Waals surface area (Å²) in [5, 5.41) is 5.84. The van der Waals surface area contributed by atoms with E-state index < -0.39 is 15.6 Å². The summed E-state index contributed by atoms with van der Waals surface area (Å²) < 4.78 is 27.2. The Morgan fingerprint density at radius 3 is 2.29 bits per heavy atom. The third-order valence-corrected chi connectivity index (χ3v) is 6.60. The molecule has 1 amide bonds. The number of rotatable bonds is 6. The van der Waals surface area contributed by atoms with Crippen LogP contribution < -0.4 is 15.4 Å². The zero-order valence-electron chi connectivity index (χ0n) is 16.9. The van der Waals surface area contributed by atoms with Crippen LogP contribution in [0.25, 0.3) is 0 Å². The minimum Gasteiger partial charge on any atom is -0.332 e. The maximum atomic E-state index is 12.3. The minimum atomic E-state index is -3.58. The number of anilines is 1. The van der Waals surface area contributed by atoms with E-state index in [2.05, 4.69) is 15.4 Å². The van der Waals surface area contributed by atoms with Crippen LogP contribution in [0.1, 0.15) is 65.7 Å². The molecule has 0 spiro atoms. The van der Waals surface area contributed by atoms with Gasteiger partial charge in [0.05, 0.1) is 4.90 Å². The maximum Gasteiger partial charge on any atom is 0.241 e. The van der Waals surface area contributed by atoms with Gasteiger partial charge in [-0.25, -0.2) is 13.1 Å². The Kier molecular flexibility index (Phi) is 7.97. The van der Waals surface area contributed by atoms with Crippen LogP contribution >= 0.6 is 12.2 Å². The highest BCUT2D eigenvalue weighted by atomic mass is 32.2. The van der Waals surface area contributed by atoms with E-state index in [0.29, 0.717) is 18.0 Å². The summed E-state index contributed by atoms with van der Waals surface area (Å²) in [6, 6.07) is 6.25. The van der Waals surface area contributed by atoms with Gasteiger partial charge in [0, 0.05) is 17.6 Å². The first-order valence-corrected chi connectivity index (χ1v) is 11.7. The van der Waals surface area contributed by atoms with Crippen LogP contribution in [0.5, 0.6) is 0 Å². The number of thiocarbonyl (C=S) groups is 1. The summed E-state index contributed by atoms with van der Waals surface area (Å²) in [7, 11) is -3.58. The van der Waals surface area contributed by atoms with Crippen LogP contribution in [0, 0.1) is 5.92 Å². The Morgan fingerprint density at radius 1 is 1.11 bits per heavy atom. The molecule has 1 aromatic rings. The summed E-state index contributed by atoms with van der Waals surface area (Å²) in [5.41, 5.74) is 0.0615. The van der Waals surface area contributed by atoms with Crippen molar-refractivity contribution in [3.05, 3.63) is 24.3 Å². The predicted octanol–water partition coefficient (Wildman–Crippen LogP) is 3.94. The fraction of sp³-hybridized carbons (Fsp3) is 0.600. The van der Waals surface area contributed by atoms with E-state index in [1.165, 1.54) is 44.2 Å². The van der Waals surface area contributed by atoms with Gasteiger partial charge in [0.25, 0.3) is 0 Å². The number of amides is 1. The lowest BCUT2D eigenvalue weighted by Gasteiger charge is -2.21. The van der Waals surface area contributed by atoms with Gasteiger partial charge in [0.15, 0.2) is 5.11 Å². The molecule has 1 fully saturated rings. The average molecular weight is 426 g/mol. The van der Waals surface area contributed by atoms with E-state index in [1.807, 2.05) is 0 Å². The van der Waals surface area contributed by atoms with E-state index in [0.717, 1.165) is 6.42 Å². The third kappa shape index (κ3) is 7.85. The van der Waals surface area contributed by atoms with E-state index in [9.17, 15) is 13.2 Å². The molecule has 2 rings (SSSR count). The van der Waals surface area contributed by atoms with E-state index in [4.69, 9.17) is 12.2 Å². The Hall–Kier alpha value is -1.51. The quantitative estimate of drug-likeness (QED) is 0.601. The van der Waals surface area contributed by atoms with Crippen LogP contribution in [-0.4, -0.2) is 25.0 Å². The van der Waals surface area contributed by atoms with Gasteiger partial charge < -0.3 is 10.6 Å². The molecule has 8 heteroatoms. The fourth-order valence-electron chi connectivity index (χ4n) is 3.34. The molecule has 1 saturated carbocycles. The van der Waals surface area contributed by atoms with Gasteiger partial charge in [-0.1, -0.05) is 32.1 Å². The molecular formula is C20H31N3O3S2. The molecule has 0 saturated heterocycles. The monoisotopic (exact) mass is 425 g/mol. The first kappa shape index (κ1) is 22.8. The van der Waals surface area contributed by atoms with Crippen LogP contribution in [0.2, 0.25) is 0 Å². The van der Waals surface area contributed by atoms with Crippen molar-refractivity contribution < 1.29 is 13.2 Å². The van der Waals surface area contributed by atoms with Gasteiger partial charge in [0.2, 0.25) is 15.9 Å². The standard InChI is InChI=1S/C20H31N3O3S2/c1-20(2,3)23-28(25,26)17-12-10-16(11-13-17)21-19(27)22-18(24)14-9-15-7-5-4-6-8-15/h10-13,15,23H,4-9,14H2,1-3H3,(H2,21,22,24,27). The van der Waals surface area contributed by atoms with Crippen LogP contribution in [0.15, 0.2) is 29.2 Å². The molecule has 0 atom stereocenters. The highest BCUT2D eigenvalue weighted by Crippen LogP contribution is 2.27. The summed E-state index contributed by atoms with van der Waals surface area (Å²) >= 11 is 5.19. The Morgan fingerprint density at radius 2 is 1.71 bits per heavy atom. The molecule has 1 aromatic carbocycles. The molecule has 1 aliphatic rings. The largest absolute Gasteiger partial charge is 0.332 e. The lowest BCUT2D eigenvalue weighted by Crippen LogP contribution is -2.40. The average Bonchev–Trinajstić information content (AvgIpc) is 2.59. The minimum absolute atomic E-state index is 0.0864. The molecule has 156 valence electrons. The van der Waals surface area contributed by atoms with Crippen molar-refractivity contribution in [2.45, 2.75) is 76.2 Å². The van der Waals surface area contributed by atoms with Crippen LogP contribution in [0.4, 0.5) is 5.69 Å².